The standard InChI is InChI=1S/C13H11Cl2NO4S2/c1-21(17,18)10-4-2-3-9(7-10)16-22(19,20)11-5-6-12(14)13(15)8-11/h2-8,16H,1H3. The van der Waals surface area contributed by atoms with Crippen LogP contribution in [0.25, 0.3) is 0 Å². The lowest BCUT2D eigenvalue weighted by Crippen LogP contribution is -2.13. The molecule has 0 bridgehead atoms. The molecule has 0 aliphatic carbocycles. The van der Waals surface area contributed by atoms with Gasteiger partial charge < -0.3 is 0 Å². The van der Waals surface area contributed by atoms with E-state index in [4.69, 9.17) is 23.2 Å². The predicted molar refractivity (Wildman–Crippen MR) is 86.8 cm³/mol. The van der Waals surface area contributed by atoms with Gasteiger partial charge in [0, 0.05) is 6.26 Å². The second-order valence-corrected chi connectivity index (χ2v) is 8.99. The summed E-state index contributed by atoms with van der Waals surface area (Å²) in [5.74, 6) is 0. The lowest BCUT2D eigenvalue weighted by Gasteiger charge is -2.09. The van der Waals surface area contributed by atoms with Crippen LogP contribution in [0.2, 0.25) is 10.0 Å². The average Bonchev–Trinajstić information content (AvgIpc) is 2.40. The molecule has 0 fully saturated rings. The van der Waals surface area contributed by atoms with Crippen molar-refractivity contribution in [2.45, 2.75) is 9.79 Å². The van der Waals surface area contributed by atoms with E-state index in [1.54, 1.807) is 0 Å². The zero-order valence-electron chi connectivity index (χ0n) is 11.2. The average molecular weight is 380 g/mol. The highest BCUT2D eigenvalue weighted by molar-refractivity contribution is 7.92. The Kier molecular flexibility index (Phi) is 4.72. The van der Waals surface area contributed by atoms with Crippen LogP contribution in [0.5, 0.6) is 0 Å². The highest BCUT2D eigenvalue weighted by Gasteiger charge is 2.17. The quantitative estimate of drug-likeness (QED) is 0.884. The van der Waals surface area contributed by atoms with Crippen molar-refractivity contribution in [2.75, 3.05) is 11.0 Å². The Hall–Kier alpha value is -1.28. The molecule has 0 heterocycles. The van der Waals surface area contributed by atoms with E-state index in [0.717, 1.165) is 6.26 Å². The van der Waals surface area contributed by atoms with Gasteiger partial charge in [-0.05, 0) is 36.4 Å². The lowest BCUT2D eigenvalue weighted by molar-refractivity contribution is 0.599. The third kappa shape index (κ3) is 3.92. The summed E-state index contributed by atoms with van der Waals surface area (Å²) in [6.45, 7) is 0. The summed E-state index contributed by atoms with van der Waals surface area (Å²) < 4.78 is 49.8. The van der Waals surface area contributed by atoms with Crippen molar-refractivity contribution in [2.24, 2.45) is 0 Å². The Morgan fingerprint density at radius 1 is 0.864 bits per heavy atom. The number of hydrogen-bond donors (Lipinski definition) is 1. The minimum atomic E-state index is -3.90. The third-order valence-electron chi connectivity index (χ3n) is 2.72. The van der Waals surface area contributed by atoms with Gasteiger partial charge >= 0.3 is 0 Å². The molecule has 0 amide bonds. The first-order chi connectivity index (χ1) is 10.1. The van der Waals surface area contributed by atoms with Crippen molar-refractivity contribution < 1.29 is 16.8 Å². The normalized spacial score (nSPS) is 12.1. The Morgan fingerprint density at radius 3 is 2.14 bits per heavy atom. The summed E-state index contributed by atoms with van der Waals surface area (Å²) in [6, 6.07) is 9.40. The molecule has 5 nitrogen and oxygen atoms in total. The first-order valence-electron chi connectivity index (χ1n) is 5.87. The Bertz CT molecular complexity index is 925. The van der Waals surface area contributed by atoms with E-state index in [9.17, 15) is 16.8 Å². The van der Waals surface area contributed by atoms with E-state index >= 15 is 0 Å². The second-order valence-electron chi connectivity index (χ2n) is 4.48. The maximum Gasteiger partial charge on any atom is 0.261 e. The van der Waals surface area contributed by atoms with Crippen LogP contribution < -0.4 is 4.72 Å². The molecule has 0 aliphatic heterocycles. The molecule has 1 N–H and O–H groups in total. The molecule has 9 heteroatoms. The van der Waals surface area contributed by atoms with E-state index < -0.39 is 19.9 Å². The van der Waals surface area contributed by atoms with Crippen molar-refractivity contribution >= 4 is 48.7 Å². The minimum Gasteiger partial charge on any atom is -0.280 e. The van der Waals surface area contributed by atoms with E-state index in [1.165, 1.54) is 42.5 Å². The molecule has 0 atom stereocenters. The van der Waals surface area contributed by atoms with Gasteiger partial charge in [0.1, 0.15) is 0 Å². The van der Waals surface area contributed by atoms with Crippen LogP contribution in [0, 0.1) is 0 Å². The van der Waals surface area contributed by atoms with Crippen molar-refractivity contribution in [1.82, 2.24) is 0 Å². The summed E-state index contributed by atoms with van der Waals surface area (Å²) in [7, 11) is -7.33. The zero-order chi connectivity index (χ0) is 16.5. The number of sulfonamides is 1. The number of halogens is 2. The number of anilines is 1. The van der Waals surface area contributed by atoms with Gasteiger partial charge in [0.25, 0.3) is 10.0 Å². The molecule has 2 rings (SSSR count). The molecule has 0 saturated heterocycles. The van der Waals surface area contributed by atoms with Crippen LogP contribution in [0.15, 0.2) is 52.3 Å². The summed E-state index contributed by atoms with van der Waals surface area (Å²) in [5, 5.41) is 0.342. The molecule has 0 saturated carbocycles. The SMILES string of the molecule is CS(=O)(=O)c1cccc(NS(=O)(=O)c2ccc(Cl)c(Cl)c2)c1. The van der Waals surface area contributed by atoms with Gasteiger partial charge in [0.05, 0.1) is 25.5 Å². The molecular formula is C13H11Cl2NO4S2. The first kappa shape index (κ1) is 17.1. The van der Waals surface area contributed by atoms with Gasteiger partial charge in [0.15, 0.2) is 9.84 Å². The second kappa shape index (κ2) is 6.08. The number of nitrogens with one attached hydrogen (secondary N) is 1. The van der Waals surface area contributed by atoms with Crippen molar-refractivity contribution in [3.63, 3.8) is 0 Å². The van der Waals surface area contributed by atoms with Gasteiger partial charge in [0.2, 0.25) is 0 Å². The van der Waals surface area contributed by atoms with Crippen LogP contribution in [0.3, 0.4) is 0 Å². The fraction of sp³-hybridized carbons (Fsp3) is 0.0769. The molecule has 0 unspecified atom stereocenters. The van der Waals surface area contributed by atoms with Crippen molar-refractivity contribution in [1.29, 1.82) is 0 Å². The summed E-state index contributed by atoms with van der Waals surface area (Å²) in [4.78, 5) is -0.0616. The molecule has 0 aliphatic rings. The maximum atomic E-state index is 12.3. The van der Waals surface area contributed by atoms with E-state index in [2.05, 4.69) is 4.72 Å². The van der Waals surface area contributed by atoms with Gasteiger partial charge in [-0.3, -0.25) is 4.72 Å². The largest absolute Gasteiger partial charge is 0.280 e. The number of hydrogen-bond acceptors (Lipinski definition) is 4. The highest BCUT2D eigenvalue weighted by Crippen LogP contribution is 2.26. The van der Waals surface area contributed by atoms with Crippen molar-refractivity contribution in [3.8, 4) is 0 Å². The number of benzene rings is 2. The summed E-state index contributed by atoms with van der Waals surface area (Å²) >= 11 is 11.6. The van der Waals surface area contributed by atoms with E-state index in [1.807, 2.05) is 0 Å². The zero-order valence-corrected chi connectivity index (χ0v) is 14.4. The highest BCUT2D eigenvalue weighted by atomic mass is 35.5. The Labute approximate surface area is 138 Å². The number of sulfone groups is 1. The summed E-state index contributed by atoms with van der Waals surface area (Å²) in [6.07, 6.45) is 1.04. The van der Waals surface area contributed by atoms with Crippen LogP contribution >= 0.6 is 23.2 Å². The van der Waals surface area contributed by atoms with Crippen LogP contribution in [0.4, 0.5) is 5.69 Å². The third-order valence-corrected chi connectivity index (χ3v) is 5.94. The molecule has 118 valence electrons. The molecule has 2 aromatic rings. The monoisotopic (exact) mass is 379 g/mol. The first-order valence-corrected chi connectivity index (χ1v) is 10.0. The van der Waals surface area contributed by atoms with Gasteiger partial charge in [-0.25, -0.2) is 16.8 Å². The molecule has 0 spiro atoms. The molecule has 22 heavy (non-hydrogen) atoms. The van der Waals surface area contributed by atoms with Gasteiger partial charge in [-0.2, -0.15) is 0 Å². The molecule has 0 radical (unpaired) electrons. The predicted octanol–water partition coefficient (Wildman–Crippen LogP) is 3.20. The van der Waals surface area contributed by atoms with Crippen LogP contribution in [-0.2, 0) is 19.9 Å². The smallest absolute Gasteiger partial charge is 0.261 e. The maximum absolute atomic E-state index is 12.3. The Balaban J connectivity index is 2.39. The van der Waals surface area contributed by atoms with Gasteiger partial charge in [-0.1, -0.05) is 29.3 Å². The van der Waals surface area contributed by atoms with E-state index in [0.29, 0.717) is 0 Å². The molecule has 0 aromatic heterocycles. The summed E-state index contributed by atoms with van der Waals surface area (Å²) in [5.41, 5.74) is 0.133. The molecule has 2 aromatic carbocycles. The molecular weight excluding hydrogens is 369 g/mol. The van der Waals surface area contributed by atoms with Crippen LogP contribution in [-0.4, -0.2) is 23.1 Å². The minimum absolute atomic E-state index is 0.0156. The Morgan fingerprint density at radius 2 is 1.55 bits per heavy atom. The fourth-order valence-electron chi connectivity index (χ4n) is 1.65. The van der Waals surface area contributed by atoms with Crippen LogP contribution in [0.1, 0.15) is 0 Å². The number of rotatable bonds is 4. The van der Waals surface area contributed by atoms with Gasteiger partial charge in [-0.15, -0.1) is 0 Å². The van der Waals surface area contributed by atoms with Crippen molar-refractivity contribution in [3.05, 3.63) is 52.5 Å². The van der Waals surface area contributed by atoms with E-state index in [-0.39, 0.29) is 25.5 Å². The fourth-order valence-corrected chi connectivity index (χ4v) is 3.75. The topological polar surface area (TPSA) is 80.3 Å². The lowest BCUT2D eigenvalue weighted by atomic mass is 10.3.